The number of nitriles is 1. The summed E-state index contributed by atoms with van der Waals surface area (Å²) in [4.78, 5) is 12.6. The Morgan fingerprint density at radius 2 is 2.15 bits per heavy atom. The van der Waals surface area contributed by atoms with Gasteiger partial charge in [-0.05, 0) is 50.7 Å². The monoisotopic (exact) mass is 359 g/mol. The van der Waals surface area contributed by atoms with Crippen molar-refractivity contribution in [1.82, 2.24) is 29.7 Å². The van der Waals surface area contributed by atoms with Crippen molar-refractivity contribution in [3.63, 3.8) is 0 Å². The van der Waals surface area contributed by atoms with Crippen LogP contribution in [0.25, 0.3) is 33.6 Å². The predicted octanol–water partition coefficient (Wildman–Crippen LogP) is 4.26. The van der Waals surface area contributed by atoms with Crippen LogP contribution in [0.5, 0.6) is 0 Å². The Morgan fingerprint density at radius 1 is 1.30 bits per heavy atom. The second-order valence-electron chi connectivity index (χ2n) is 7.50. The summed E-state index contributed by atoms with van der Waals surface area (Å²) in [7, 11) is 0. The second kappa shape index (κ2) is 6.23. The number of rotatable bonds is 3. The van der Waals surface area contributed by atoms with Crippen LogP contribution in [-0.4, -0.2) is 29.7 Å². The molecular formula is C20H21N7. The molecular weight excluding hydrogens is 338 g/mol. The molecule has 2 N–H and O–H groups in total. The number of hydrogen-bond acceptors (Lipinski definition) is 4. The molecule has 0 spiro atoms. The molecule has 5 rings (SSSR count). The third kappa shape index (κ3) is 2.60. The predicted molar refractivity (Wildman–Crippen MR) is 103 cm³/mol. The van der Waals surface area contributed by atoms with Crippen LogP contribution < -0.4 is 0 Å². The third-order valence-corrected chi connectivity index (χ3v) is 5.74. The standard InChI is InChI=1S/C20H21N7/c1-12-10-16(26-25-12)20-24-17-11-23-19-15(7-9-22-19)18(17)27(20)14-4-2-13(3-5-14)6-8-21/h7,9-11,13-14H,2-6H2,1H3,(H,22,23)(H,25,26)/t13-,14-. The molecule has 1 saturated carbocycles. The van der Waals surface area contributed by atoms with Gasteiger partial charge in [0.05, 0.1) is 23.5 Å². The van der Waals surface area contributed by atoms with Crippen LogP contribution in [0.2, 0.25) is 0 Å². The average molecular weight is 359 g/mol. The fraction of sp³-hybridized carbons (Fsp3) is 0.400. The highest BCUT2D eigenvalue weighted by Crippen LogP contribution is 2.39. The number of hydrogen-bond donors (Lipinski definition) is 2. The van der Waals surface area contributed by atoms with Gasteiger partial charge in [0, 0.05) is 24.0 Å². The van der Waals surface area contributed by atoms with Crippen LogP contribution in [0.3, 0.4) is 0 Å². The third-order valence-electron chi connectivity index (χ3n) is 5.74. The minimum absolute atomic E-state index is 0.365. The van der Waals surface area contributed by atoms with Gasteiger partial charge in [-0.3, -0.25) is 5.10 Å². The maximum Gasteiger partial charge on any atom is 0.159 e. The Bertz CT molecular complexity index is 1150. The van der Waals surface area contributed by atoms with E-state index >= 15 is 0 Å². The van der Waals surface area contributed by atoms with Crippen LogP contribution in [0.1, 0.15) is 43.8 Å². The van der Waals surface area contributed by atoms with E-state index in [0.717, 1.165) is 65.0 Å². The van der Waals surface area contributed by atoms with Gasteiger partial charge in [0.15, 0.2) is 5.82 Å². The zero-order valence-electron chi connectivity index (χ0n) is 15.2. The Kier molecular flexibility index (Phi) is 3.71. The van der Waals surface area contributed by atoms with E-state index in [2.05, 4.69) is 36.9 Å². The van der Waals surface area contributed by atoms with Gasteiger partial charge in [-0.15, -0.1) is 0 Å². The van der Waals surface area contributed by atoms with Gasteiger partial charge in [0.25, 0.3) is 0 Å². The van der Waals surface area contributed by atoms with Gasteiger partial charge in [-0.1, -0.05) is 0 Å². The van der Waals surface area contributed by atoms with E-state index in [9.17, 15) is 0 Å². The smallest absolute Gasteiger partial charge is 0.159 e. The number of aromatic amines is 2. The minimum Gasteiger partial charge on any atom is -0.346 e. The van der Waals surface area contributed by atoms with E-state index in [1.807, 2.05) is 25.4 Å². The van der Waals surface area contributed by atoms with Crippen LogP contribution in [0.4, 0.5) is 0 Å². The number of nitrogens with zero attached hydrogens (tertiary/aromatic N) is 5. The first-order chi connectivity index (χ1) is 13.2. The van der Waals surface area contributed by atoms with Crippen molar-refractivity contribution in [2.75, 3.05) is 0 Å². The number of fused-ring (bicyclic) bond motifs is 3. The lowest BCUT2D eigenvalue weighted by Gasteiger charge is -2.29. The molecule has 0 bridgehead atoms. The Morgan fingerprint density at radius 3 is 2.89 bits per heavy atom. The number of aryl methyl sites for hydroxylation is 1. The molecule has 0 amide bonds. The topological polar surface area (TPSA) is 99.0 Å². The molecule has 4 aromatic heterocycles. The summed E-state index contributed by atoms with van der Waals surface area (Å²) >= 11 is 0. The number of aromatic nitrogens is 6. The molecule has 0 aromatic carbocycles. The highest BCUT2D eigenvalue weighted by Gasteiger charge is 2.27. The van der Waals surface area contributed by atoms with Crippen molar-refractivity contribution < 1.29 is 0 Å². The van der Waals surface area contributed by atoms with Gasteiger partial charge in [0.2, 0.25) is 0 Å². The van der Waals surface area contributed by atoms with Crippen molar-refractivity contribution in [2.45, 2.75) is 45.1 Å². The van der Waals surface area contributed by atoms with E-state index in [0.29, 0.717) is 18.4 Å². The van der Waals surface area contributed by atoms with Gasteiger partial charge in [-0.25, -0.2) is 9.97 Å². The van der Waals surface area contributed by atoms with Gasteiger partial charge in [0.1, 0.15) is 16.9 Å². The summed E-state index contributed by atoms with van der Waals surface area (Å²) in [6.07, 6.45) is 8.73. The Balaban J connectivity index is 1.68. The molecule has 1 fully saturated rings. The Hall–Kier alpha value is -3.14. The number of H-pyrrole nitrogens is 2. The van der Waals surface area contributed by atoms with Crippen LogP contribution >= 0.6 is 0 Å². The van der Waals surface area contributed by atoms with Crippen molar-refractivity contribution in [3.8, 4) is 17.6 Å². The molecule has 1 aliphatic rings. The lowest BCUT2D eigenvalue weighted by Crippen LogP contribution is -2.19. The zero-order chi connectivity index (χ0) is 18.4. The lowest BCUT2D eigenvalue weighted by molar-refractivity contribution is 0.283. The van der Waals surface area contributed by atoms with Crippen LogP contribution in [-0.2, 0) is 0 Å². The molecule has 7 nitrogen and oxygen atoms in total. The minimum atomic E-state index is 0.365. The van der Waals surface area contributed by atoms with E-state index < -0.39 is 0 Å². The van der Waals surface area contributed by atoms with Crippen molar-refractivity contribution in [3.05, 3.63) is 30.2 Å². The summed E-state index contributed by atoms with van der Waals surface area (Å²) < 4.78 is 2.38. The molecule has 1 aliphatic carbocycles. The molecule has 4 aromatic rings. The molecule has 136 valence electrons. The van der Waals surface area contributed by atoms with E-state index in [1.54, 1.807) is 0 Å². The fourth-order valence-corrected chi connectivity index (χ4v) is 4.41. The SMILES string of the molecule is Cc1cc(-c2nc3cnc4[nH]ccc4c3n2[C@H]2CC[C@H](CC#N)CC2)[nH]n1. The number of nitrogens with one attached hydrogen (secondary N) is 2. The normalized spacial score (nSPS) is 20.3. The summed E-state index contributed by atoms with van der Waals surface area (Å²) in [5, 5.41) is 17.5. The molecule has 0 aliphatic heterocycles. The maximum atomic E-state index is 9.01. The average Bonchev–Trinajstić information content (AvgIpc) is 3.39. The van der Waals surface area contributed by atoms with Crippen LogP contribution in [0.15, 0.2) is 24.5 Å². The fourth-order valence-electron chi connectivity index (χ4n) is 4.41. The highest BCUT2D eigenvalue weighted by atomic mass is 15.2. The highest BCUT2D eigenvalue weighted by molar-refractivity contribution is 6.02. The molecule has 7 heteroatoms. The maximum absolute atomic E-state index is 9.01. The first-order valence-corrected chi connectivity index (χ1v) is 9.48. The van der Waals surface area contributed by atoms with Crippen molar-refractivity contribution >= 4 is 22.1 Å². The van der Waals surface area contributed by atoms with Crippen molar-refractivity contribution in [2.24, 2.45) is 5.92 Å². The van der Waals surface area contributed by atoms with Crippen LogP contribution in [0, 0.1) is 24.2 Å². The van der Waals surface area contributed by atoms with E-state index in [4.69, 9.17) is 10.2 Å². The zero-order valence-corrected chi connectivity index (χ0v) is 15.2. The number of imidazole rings is 1. The summed E-state index contributed by atoms with van der Waals surface area (Å²) in [6, 6.07) is 6.82. The van der Waals surface area contributed by atoms with Gasteiger partial charge >= 0.3 is 0 Å². The largest absolute Gasteiger partial charge is 0.346 e. The molecule has 0 saturated heterocycles. The second-order valence-corrected chi connectivity index (χ2v) is 7.50. The molecule has 0 radical (unpaired) electrons. The first kappa shape index (κ1) is 16.1. The molecule has 27 heavy (non-hydrogen) atoms. The molecule has 0 unspecified atom stereocenters. The summed E-state index contributed by atoms with van der Waals surface area (Å²) in [6.45, 7) is 1.98. The lowest BCUT2D eigenvalue weighted by atomic mass is 9.84. The Labute approximate surface area is 156 Å². The quantitative estimate of drug-likeness (QED) is 0.571. The number of pyridine rings is 1. The molecule has 4 heterocycles. The van der Waals surface area contributed by atoms with Crippen molar-refractivity contribution in [1.29, 1.82) is 5.26 Å². The van der Waals surface area contributed by atoms with Gasteiger partial charge in [-0.2, -0.15) is 10.4 Å². The first-order valence-electron chi connectivity index (χ1n) is 9.48. The van der Waals surface area contributed by atoms with E-state index in [1.165, 1.54) is 0 Å². The molecule has 0 atom stereocenters. The van der Waals surface area contributed by atoms with E-state index in [-0.39, 0.29) is 0 Å². The summed E-state index contributed by atoms with van der Waals surface area (Å²) in [5.41, 5.74) is 4.81. The summed E-state index contributed by atoms with van der Waals surface area (Å²) in [5.74, 6) is 1.44. The van der Waals surface area contributed by atoms with Gasteiger partial charge < -0.3 is 9.55 Å².